The van der Waals surface area contributed by atoms with Gasteiger partial charge in [0.2, 0.25) is 5.91 Å². The Morgan fingerprint density at radius 3 is 2.10 bits per heavy atom. The summed E-state index contributed by atoms with van der Waals surface area (Å²) in [6, 6.07) is 0. The normalized spacial score (nSPS) is 15.4. The van der Waals surface area contributed by atoms with Gasteiger partial charge in [-0.2, -0.15) is 0 Å². The number of carboxylic acids is 1. The third kappa shape index (κ3) is 5.91. The molecule has 2 heterocycles. The fourth-order valence-corrected chi connectivity index (χ4v) is 3.89. The Labute approximate surface area is 175 Å². The Morgan fingerprint density at radius 2 is 1.62 bits per heavy atom. The van der Waals surface area contributed by atoms with Crippen molar-refractivity contribution in [1.29, 1.82) is 0 Å². The summed E-state index contributed by atoms with van der Waals surface area (Å²) in [6.45, 7) is 13.0. The highest BCUT2D eigenvalue weighted by atomic mass is 32.1. The van der Waals surface area contributed by atoms with Crippen LogP contribution in [0.5, 0.6) is 0 Å². The highest BCUT2D eigenvalue weighted by Gasteiger charge is 2.31. The van der Waals surface area contributed by atoms with Crippen molar-refractivity contribution in [3.05, 3.63) is 15.6 Å². The van der Waals surface area contributed by atoms with Crippen LogP contribution in [0.4, 0.5) is 4.79 Å². The second-order valence-electron chi connectivity index (χ2n) is 8.86. The van der Waals surface area contributed by atoms with E-state index in [2.05, 4.69) is 4.98 Å². The number of piperazine rings is 1. The van der Waals surface area contributed by atoms with Crippen molar-refractivity contribution in [1.82, 2.24) is 14.8 Å². The van der Waals surface area contributed by atoms with Crippen molar-refractivity contribution in [3.63, 3.8) is 0 Å². The Bertz CT molecular complexity index is 774. The number of carboxylic acid groups (broad SMARTS) is 1. The minimum atomic E-state index is -1.06. The van der Waals surface area contributed by atoms with Crippen LogP contribution >= 0.6 is 11.3 Å². The summed E-state index contributed by atoms with van der Waals surface area (Å²) >= 11 is 1.15. The number of carbonyl (C=O) groups excluding carboxylic acids is 2. The number of hydrogen-bond donors (Lipinski definition) is 1. The van der Waals surface area contributed by atoms with Gasteiger partial charge >= 0.3 is 12.1 Å². The van der Waals surface area contributed by atoms with Crippen LogP contribution in [0.15, 0.2) is 0 Å². The number of carbonyl (C=O) groups is 3. The molecule has 0 bridgehead atoms. The van der Waals surface area contributed by atoms with E-state index in [4.69, 9.17) is 4.74 Å². The van der Waals surface area contributed by atoms with Crippen molar-refractivity contribution in [2.45, 2.75) is 65.4 Å². The van der Waals surface area contributed by atoms with Crippen LogP contribution in [0.3, 0.4) is 0 Å². The van der Waals surface area contributed by atoms with Crippen LogP contribution in [-0.2, 0) is 21.4 Å². The molecule has 1 fully saturated rings. The van der Waals surface area contributed by atoms with Crippen LogP contribution in [0.2, 0.25) is 0 Å². The average molecular weight is 426 g/mol. The number of aromatic carboxylic acids is 1. The van der Waals surface area contributed by atoms with E-state index >= 15 is 0 Å². The second-order valence-corrected chi connectivity index (χ2v) is 9.86. The van der Waals surface area contributed by atoms with E-state index in [1.54, 1.807) is 9.80 Å². The zero-order valence-corrected chi connectivity index (χ0v) is 18.9. The standard InChI is InChI=1S/C20H31N3O5S/c1-7-20(5,6)17-21-13(15(29-17)16(25)26)12-14(24)22-8-10-23(11-9-22)18(27)28-19(2,3)4/h7-12H2,1-6H3,(H,25,26). The van der Waals surface area contributed by atoms with Crippen LogP contribution in [0.1, 0.15) is 68.3 Å². The van der Waals surface area contributed by atoms with E-state index in [-0.39, 0.29) is 28.7 Å². The molecule has 2 amide bonds. The largest absolute Gasteiger partial charge is 0.477 e. The topological polar surface area (TPSA) is 100 Å². The molecule has 0 unspecified atom stereocenters. The van der Waals surface area contributed by atoms with Crippen molar-refractivity contribution in [3.8, 4) is 0 Å². The highest BCUT2D eigenvalue weighted by Crippen LogP contribution is 2.32. The predicted octanol–water partition coefficient (Wildman–Crippen LogP) is 3.15. The van der Waals surface area contributed by atoms with Gasteiger partial charge in [0, 0.05) is 31.6 Å². The minimum absolute atomic E-state index is 0.0512. The number of ether oxygens (including phenoxy) is 1. The molecular formula is C20H31N3O5S. The van der Waals surface area contributed by atoms with Gasteiger partial charge in [-0.15, -0.1) is 11.3 Å². The highest BCUT2D eigenvalue weighted by molar-refractivity contribution is 7.13. The summed E-state index contributed by atoms with van der Waals surface area (Å²) in [4.78, 5) is 44.4. The first-order valence-corrected chi connectivity index (χ1v) is 10.6. The van der Waals surface area contributed by atoms with E-state index in [1.165, 1.54) is 0 Å². The van der Waals surface area contributed by atoms with E-state index in [0.717, 1.165) is 22.8 Å². The molecule has 29 heavy (non-hydrogen) atoms. The second kappa shape index (κ2) is 8.69. The Hall–Kier alpha value is -2.16. The van der Waals surface area contributed by atoms with E-state index in [9.17, 15) is 19.5 Å². The molecule has 1 aliphatic heterocycles. The van der Waals surface area contributed by atoms with Crippen LogP contribution in [0, 0.1) is 0 Å². The third-order valence-corrected chi connectivity index (χ3v) is 6.41. The number of hydrogen-bond acceptors (Lipinski definition) is 6. The van der Waals surface area contributed by atoms with E-state index in [1.807, 2.05) is 41.5 Å². The molecule has 0 saturated carbocycles. The van der Waals surface area contributed by atoms with Gasteiger partial charge in [-0.05, 0) is 27.2 Å². The predicted molar refractivity (Wildman–Crippen MR) is 110 cm³/mol. The zero-order chi connectivity index (χ0) is 22.0. The van der Waals surface area contributed by atoms with E-state index < -0.39 is 11.6 Å². The molecule has 0 spiro atoms. The molecule has 8 nitrogen and oxygen atoms in total. The van der Waals surface area contributed by atoms with Crippen molar-refractivity contribution in [2.24, 2.45) is 0 Å². The monoisotopic (exact) mass is 425 g/mol. The number of thiazole rings is 1. The summed E-state index contributed by atoms with van der Waals surface area (Å²) in [6.07, 6.45) is 0.382. The fourth-order valence-electron chi connectivity index (χ4n) is 2.80. The third-order valence-electron chi connectivity index (χ3n) is 4.96. The van der Waals surface area contributed by atoms with Gasteiger partial charge in [-0.25, -0.2) is 14.6 Å². The number of rotatable bonds is 5. The smallest absolute Gasteiger partial charge is 0.410 e. The molecule has 1 N–H and O–H groups in total. The molecule has 9 heteroatoms. The molecule has 2 rings (SSSR count). The van der Waals surface area contributed by atoms with Crippen molar-refractivity contribution >= 4 is 29.3 Å². The Kier molecular flexibility index (Phi) is 6.93. The lowest BCUT2D eigenvalue weighted by Crippen LogP contribution is -2.52. The summed E-state index contributed by atoms with van der Waals surface area (Å²) in [5, 5.41) is 10.2. The molecule has 1 aromatic heterocycles. The minimum Gasteiger partial charge on any atom is -0.477 e. The fraction of sp³-hybridized carbons (Fsp3) is 0.700. The molecule has 0 radical (unpaired) electrons. The van der Waals surface area contributed by atoms with Crippen LogP contribution in [0.25, 0.3) is 0 Å². The van der Waals surface area contributed by atoms with Gasteiger partial charge in [0.15, 0.2) is 0 Å². The summed E-state index contributed by atoms with van der Waals surface area (Å²) in [5.74, 6) is -1.24. The summed E-state index contributed by atoms with van der Waals surface area (Å²) in [7, 11) is 0. The molecule has 1 aromatic rings. The number of nitrogens with zero attached hydrogens (tertiary/aromatic N) is 3. The molecule has 1 saturated heterocycles. The van der Waals surface area contributed by atoms with E-state index in [0.29, 0.717) is 31.9 Å². The lowest BCUT2D eigenvalue weighted by Gasteiger charge is -2.35. The molecular weight excluding hydrogens is 394 g/mol. The van der Waals surface area contributed by atoms with Gasteiger partial charge in [0.05, 0.1) is 17.1 Å². The van der Waals surface area contributed by atoms with Crippen molar-refractivity contribution in [2.75, 3.05) is 26.2 Å². The zero-order valence-electron chi connectivity index (χ0n) is 18.1. The molecule has 0 aromatic carbocycles. The van der Waals surface area contributed by atoms with Crippen LogP contribution in [-0.4, -0.2) is 69.6 Å². The Balaban J connectivity index is 2.03. The molecule has 0 atom stereocenters. The maximum absolute atomic E-state index is 12.7. The van der Waals surface area contributed by atoms with Gasteiger partial charge in [0.1, 0.15) is 10.5 Å². The SMILES string of the molecule is CCC(C)(C)c1nc(CC(=O)N2CCN(C(=O)OC(C)(C)C)CC2)c(C(=O)O)s1. The van der Waals surface area contributed by atoms with Gasteiger partial charge in [-0.1, -0.05) is 20.8 Å². The first kappa shape index (κ1) is 23.1. The van der Waals surface area contributed by atoms with Gasteiger partial charge in [0.25, 0.3) is 0 Å². The lowest BCUT2D eigenvalue weighted by molar-refractivity contribution is -0.132. The first-order valence-electron chi connectivity index (χ1n) is 9.83. The molecule has 0 aliphatic carbocycles. The average Bonchev–Trinajstić information content (AvgIpc) is 3.05. The number of amides is 2. The lowest BCUT2D eigenvalue weighted by atomic mass is 9.91. The van der Waals surface area contributed by atoms with Gasteiger partial charge < -0.3 is 19.6 Å². The molecule has 1 aliphatic rings. The quantitative estimate of drug-likeness (QED) is 0.778. The van der Waals surface area contributed by atoms with Crippen molar-refractivity contribution < 1.29 is 24.2 Å². The first-order chi connectivity index (χ1) is 13.3. The number of aromatic nitrogens is 1. The molecule has 162 valence electrons. The summed E-state index contributed by atoms with van der Waals surface area (Å²) in [5.41, 5.74) is -0.486. The Morgan fingerprint density at radius 1 is 1.07 bits per heavy atom. The summed E-state index contributed by atoms with van der Waals surface area (Å²) < 4.78 is 5.37. The van der Waals surface area contributed by atoms with Crippen LogP contribution < -0.4 is 0 Å². The van der Waals surface area contributed by atoms with Gasteiger partial charge in [-0.3, -0.25) is 4.79 Å². The maximum atomic E-state index is 12.7. The maximum Gasteiger partial charge on any atom is 0.410 e.